The third-order valence-electron chi connectivity index (χ3n) is 12.7. The summed E-state index contributed by atoms with van der Waals surface area (Å²) in [6.07, 6.45) is -2.83. The number of hydrogen-bond donors (Lipinski definition) is 0. The molecule has 4 aromatic carbocycles. The molecule has 0 radical (unpaired) electrons. The Balaban J connectivity index is 0.900. The second-order valence-electron chi connectivity index (χ2n) is 16.0. The van der Waals surface area contributed by atoms with Crippen LogP contribution in [0, 0.1) is 5.92 Å². The lowest BCUT2D eigenvalue weighted by atomic mass is 9.75. The molecule has 10 rings (SSSR count). The molecule has 0 amide bonds. The molecule has 0 bridgehead atoms. The van der Waals surface area contributed by atoms with Gasteiger partial charge in [-0.3, -0.25) is 9.80 Å². The maximum Gasteiger partial charge on any atom is 0.392 e. The zero-order chi connectivity index (χ0) is 39.0. The van der Waals surface area contributed by atoms with Crippen molar-refractivity contribution in [1.29, 1.82) is 0 Å². The molecule has 10 nitrogen and oxygen atoms in total. The van der Waals surface area contributed by atoms with Gasteiger partial charge in [0, 0.05) is 44.2 Å². The maximum absolute atomic E-state index is 12.9. The quantitative estimate of drug-likeness (QED) is 0.166. The third kappa shape index (κ3) is 6.62. The summed E-state index contributed by atoms with van der Waals surface area (Å²) in [6.45, 7) is 5.93. The first-order valence-corrected chi connectivity index (χ1v) is 19.7. The Morgan fingerprint density at radius 1 is 0.649 bits per heavy atom. The lowest BCUT2D eigenvalue weighted by molar-refractivity contribution is -0.139. The van der Waals surface area contributed by atoms with Crippen LogP contribution in [-0.2, 0) is 32.4 Å². The number of nitrogens with zero attached hydrogens (tertiary/aromatic N) is 2. The summed E-state index contributed by atoms with van der Waals surface area (Å²) in [5.74, 6) is 5.57. The SMILES string of the molecule is COc1cc2c(cc1OCCC(F)(F)F)CC1c3cc4c(cc3C(C(C)COc3cc5c(cc3OC)CN3CCc6cc7c(cc6C3C5)OCO7)CN1C2)OCO4. The van der Waals surface area contributed by atoms with Crippen molar-refractivity contribution in [3.8, 4) is 46.0 Å². The van der Waals surface area contributed by atoms with Crippen LogP contribution in [0.3, 0.4) is 0 Å². The van der Waals surface area contributed by atoms with Crippen LogP contribution < -0.4 is 37.9 Å². The zero-order valence-corrected chi connectivity index (χ0v) is 32.2. The molecule has 0 aromatic heterocycles. The standard InChI is InChI=1S/C44H45F3N2O8/c1-24(21-53-39-12-26-8-34-30-15-41-40(54-22-55-41)10-25(30)4-6-48(34)18-28(26)13-37(39)51-3)33-20-49-19-29-14-36(50-2)38(52-7-5-44(45,46)47)11-27(29)9-35(49)32-17-43-42(16-31(32)33)56-23-57-43/h10-17,24,33-35H,4-9,18-23H2,1-3H3. The molecule has 4 atom stereocenters. The van der Waals surface area contributed by atoms with Crippen molar-refractivity contribution in [1.82, 2.24) is 9.80 Å². The fourth-order valence-electron chi connectivity index (χ4n) is 9.71. The van der Waals surface area contributed by atoms with E-state index in [1.807, 2.05) is 12.1 Å². The molecule has 57 heavy (non-hydrogen) atoms. The molecule has 6 aliphatic heterocycles. The number of benzene rings is 4. The van der Waals surface area contributed by atoms with Gasteiger partial charge in [0.25, 0.3) is 0 Å². The summed E-state index contributed by atoms with van der Waals surface area (Å²) in [5.41, 5.74) is 9.63. The summed E-state index contributed by atoms with van der Waals surface area (Å²) in [5, 5.41) is 0. The molecule has 4 unspecified atom stereocenters. The Hall–Kier alpha value is -5.01. The van der Waals surface area contributed by atoms with E-state index >= 15 is 0 Å². The molecular formula is C44H45F3N2O8. The Morgan fingerprint density at radius 2 is 1.19 bits per heavy atom. The summed E-state index contributed by atoms with van der Waals surface area (Å²) < 4.78 is 85.8. The highest BCUT2D eigenvalue weighted by Gasteiger charge is 2.41. The smallest absolute Gasteiger partial charge is 0.392 e. The summed E-state index contributed by atoms with van der Waals surface area (Å²) in [7, 11) is 3.21. The highest BCUT2D eigenvalue weighted by atomic mass is 19.4. The van der Waals surface area contributed by atoms with E-state index in [0.717, 1.165) is 83.7 Å². The van der Waals surface area contributed by atoms with Crippen molar-refractivity contribution in [2.45, 2.75) is 69.9 Å². The monoisotopic (exact) mass is 786 g/mol. The van der Waals surface area contributed by atoms with Crippen LogP contribution in [0.4, 0.5) is 13.2 Å². The first-order valence-electron chi connectivity index (χ1n) is 19.7. The highest BCUT2D eigenvalue weighted by Crippen LogP contribution is 2.51. The summed E-state index contributed by atoms with van der Waals surface area (Å²) >= 11 is 0. The van der Waals surface area contributed by atoms with E-state index in [1.54, 1.807) is 7.11 Å². The minimum Gasteiger partial charge on any atom is -0.493 e. The van der Waals surface area contributed by atoms with Crippen molar-refractivity contribution >= 4 is 0 Å². The van der Waals surface area contributed by atoms with E-state index in [0.29, 0.717) is 31.1 Å². The minimum absolute atomic E-state index is 0.0353. The number of ether oxygens (including phenoxy) is 8. The molecule has 0 saturated carbocycles. The average Bonchev–Trinajstić information content (AvgIpc) is 3.87. The second kappa shape index (κ2) is 14.1. The molecule has 0 aliphatic carbocycles. The predicted octanol–water partition coefficient (Wildman–Crippen LogP) is 8.06. The Kier molecular flexibility index (Phi) is 9.00. The molecule has 0 fully saturated rings. The van der Waals surface area contributed by atoms with Gasteiger partial charge in [0.1, 0.15) is 0 Å². The largest absolute Gasteiger partial charge is 0.493 e. The first-order chi connectivity index (χ1) is 27.6. The van der Waals surface area contributed by atoms with E-state index < -0.39 is 19.2 Å². The van der Waals surface area contributed by atoms with Gasteiger partial charge < -0.3 is 37.9 Å². The van der Waals surface area contributed by atoms with Crippen LogP contribution >= 0.6 is 0 Å². The Morgan fingerprint density at radius 3 is 1.82 bits per heavy atom. The summed E-state index contributed by atoms with van der Waals surface area (Å²) in [4.78, 5) is 5.03. The molecule has 6 aliphatic rings. The molecule has 6 heterocycles. The number of rotatable bonds is 9. The number of methoxy groups -OCH3 is 2. The maximum atomic E-state index is 12.9. The van der Waals surface area contributed by atoms with E-state index in [4.69, 9.17) is 37.9 Å². The minimum atomic E-state index is -4.30. The molecule has 300 valence electrons. The number of fused-ring (bicyclic) bond motifs is 10. The van der Waals surface area contributed by atoms with Gasteiger partial charge in [-0.25, -0.2) is 0 Å². The van der Waals surface area contributed by atoms with Gasteiger partial charge in [-0.05, 0) is 118 Å². The van der Waals surface area contributed by atoms with E-state index in [2.05, 4.69) is 53.1 Å². The van der Waals surface area contributed by atoms with Gasteiger partial charge in [0.15, 0.2) is 46.0 Å². The molecule has 13 heteroatoms. The first kappa shape index (κ1) is 36.3. The molecule has 0 spiro atoms. The molecule has 0 N–H and O–H groups in total. The van der Waals surface area contributed by atoms with Gasteiger partial charge in [0.05, 0.1) is 33.9 Å². The van der Waals surface area contributed by atoms with Gasteiger partial charge >= 0.3 is 6.18 Å². The van der Waals surface area contributed by atoms with Crippen LogP contribution in [0.15, 0.2) is 48.5 Å². The van der Waals surface area contributed by atoms with E-state index in [1.165, 1.54) is 34.9 Å². The van der Waals surface area contributed by atoms with Gasteiger partial charge in [-0.2, -0.15) is 13.2 Å². The van der Waals surface area contributed by atoms with Crippen molar-refractivity contribution < 1.29 is 51.1 Å². The van der Waals surface area contributed by atoms with Crippen molar-refractivity contribution in [3.05, 3.63) is 93.0 Å². The van der Waals surface area contributed by atoms with Crippen molar-refractivity contribution in [2.75, 3.05) is 54.1 Å². The van der Waals surface area contributed by atoms with Crippen LogP contribution in [0.1, 0.15) is 75.9 Å². The number of hydrogen-bond acceptors (Lipinski definition) is 10. The molecule has 4 aromatic rings. The highest BCUT2D eigenvalue weighted by molar-refractivity contribution is 5.56. The lowest BCUT2D eigenvalue weighted by Gasteiger charge is -2.46. The normalized spacial score (nSPS) is 22.0. The van der Waals surface area contributed by atoms with Crippen molar-refractivity contribution in [3.63, 3.8) is 0 Å². The molecular weight excluding hydrogens is 741 g/mol. The van der Waals surface area contributed by atoms with E-state index in [9.17, 15) is 13.2 Å². The average molecular weight is 787 g/mol. The Labute approximate surface area is 329 Å². The van der Waals surface area contributed by atoms with Gasteiger partial charge in [-0.1, -0.05) is 6.92 Å². The third-order valence-corrected chi connectivity index (χ3v) is 12.7. The fraction of sp³-hybridized carbons (Fsp3) is 0.455. The topological polar surface area (TPSA) is 80.3 Å². The van der Waals surface area contributed by atoms with Crippen molar-refractivity contribution in [2.24, 2.45) is 5.92 Å². The van der Waals surface area contributed by atoms with Crippen LogP contribution in [0.2, 0.25) is 0 Å². The fourth-order valence-corrected chi connectivity index (χ4v) is 9.71. The van der Waals surface area contributed by atoms with Crippen LogP contribution in [-0.4, -0.2) is 70.1 Å². The lowest BCUT2D eigenvalue weighted by Crippen LogP contribution is -2.43. The van der Waals surface area contributed by atoms with E-state index in [-0.39, 0.29) is 37.5 Å². The molecule has 0 saturated heterocycles. The number of halogens is 3. The Bertz CT molecular complexity index is 2230. The number of alkyl halides is 3. The predicted molar refractivity (Wildman–Crippen MR) is 202 cm³/mol. The van der Waals surface area contributed by atoms with Gasteiger partial charge in [0.2, 0.25) is 13.6 Å². The van der Waals surface area contributed by atoms with Crippen LogP contribution in [0.25, 0.3) is 0 Å². The zero-order valence-electron chi connectivity index (χ0n) is 32.2. The van der Waals surface area contributed by atoms with Gasteiger partial charge in [-0.15, -0.1) is 0 Å². The second-order valence-corrected chi connectivity index (χ2v) is 16.0. The van der Waals surface area contributed by atoms with Crippen LogP contribution in [0.5, 0.6) is 46.0 Å². The summed E-state index contributed by atoms with van der Waals surface area (Å²) in [6, 6.07) is 16.9.